The van der Waals surface area contributed by atoms with Crippen LogP contribution in [0.1, 0.15) is 19.3 Å². The maximum absolute atomic E-state index is 11.6. The molecule has 1 heterocycles. The number of carboxylic acid groups (broad SMARTS) is 1. The Morgan fingerprint density at radius 1 is 1.64 bits per heavy atom. The van der Waals surface area contributed by atoms with Gasteiger partial charge in [-0.25, -0.2) is 0 Å². The van der Waals surface area contributed by atoms with Crippen molar-refractivity contribution in [3.8, 4) is 0 Å². The van der Waals surface area contributed by atoms with Crippen molar-refractivity contribution in [2.45, 2.75) is 31.3 Å². The lowest BCUT2D eigenvalue weighted by Gasteiger charge is -2.12. The van der Waals surface area contributed by atoms with Gasteiger partial charge in [0.1, 0.15) is 6.04 Å². The van der Waals surface area contributed by atoms with E-state index in [-0.39, 0.29) is 18.4 Å². The van der Waals surface area contributed by atoms with Gasteiger partial charge in [-0.3, -0.25) is 14.5 Å². The average molecular weight is 214 g/mol. The molecular weight excluding hydrogens is 204 g/mol. The molecule has 5 nitrogen and oxygen atoms in total. The Labute approximate surface area is 86.1 Å². The molecular formula is C8H10N2O3S. The van der Waals surface area contributed by atoms with E-state index < -0.39 is 12.0 Å². The van der Waals surface area contributed by atoms with Crippen molar-refractivity contribution in [1.82, 2.24) is 10.2 Å². The number of carbonyl (C=O) groups excluding carboxylic acids is 1. The van der Waals surface area contributed by atoms with E-state index in [1.807, 2.05) is 0 Å². The van der Waals surface area contributed by atoms with Crippen molar-refractivity contribution in [1.29, 1.82) is 0 Å². The molecule has 0 spiro atoms. The second kappa shape index (κ2) is 3.20. The number of rotatable bonds is 3. The van der Waals surface area contributed by atoms with Crippen LogP contribution in [-0.2, 0) is 9.59 Å². The Kier molecular flexibility index (Phi) is 2.14. The molecule has 1 aliphatic heterocycles. The maximum Gasteiger partial charge on any atom is 0.305 e. The van der Waals surface area contributed by atoms with Crippen LogP contribution < -0.4 is 5.32 Å². The quantitative estimate of drug-likeness (QED) is 0.632. The highest BCUT2D eigenvalue weighted by atomic mass is 32.1. The molecule has 1 atom stereocenters. The minimum Gasteiger partial charge on any atom is -0.481 e. The fourth-order valence-electron chi connectivity index (χ4n) is 1.54. The van der Waals surface area contributed by atoms with Crippen LogP contribution in [0.4, 0.5) is 0 Å². The molecule has 0 radical (unpaired) electrons. The summed E-state index contributed by atoms with van der Waals surface area (Å²) >= 11 is 4.96. The summed E-state index contributed by atoms with van der Waals surface area (Å²) in [5.41, 5.74) is 0. The summed E-state index contributed by atoms with van der Waals surface area (Å²) in [4.78, 5) is 23.6. The fourth-order valence-corrected chi connectivity index (χ4v) is 1.92. The molecule has 2 fully saturated rings. The van der Waals surface area contributed by atoms with E-state index in [1.54, 1.807) is 0 Å². The molecule has 0 bridgehead atoms. The van der Waals surface area contributed by atoms with Crippen molar-refractivity contribution in [3.63, 3.8) is 0 Å². The standard InChI is InChI=1S/C8H10N2O3S/c11-6(12)3-5-7(13)10(4-1-2-4)8(14)9-5/h4-5H,1-3H2,(H,9,14)(H,11,12)/t5-/m0/s1. The Morgan fingerprint density at radius 2 is 2.29 bits per heavy atom. The molecule has 6 heteroatoms. The summed E-state index contributed by atoms with van der Waals surface area (Å²) in [6.07, 6.45) is 1.73. The van der Waals surface area contributed by atoms with E-state index in [1.165, 1.54) is 4.90 Å². The molecule has 1 aliphatic carbocycles. The lowest BCUT2D eigenvalue weighted by Crippen LogP contribution is -2.33. The van der Waals surface area contributed by atoms with Gasteiger partial charge in [-0.15, -0.1) is 0 Å². The van der Waals surface area contributed by atoms with Gasteiger partial charge in [0, 0.05) is 6.04 Å². The first-order chi connectivity index (χ1) is 6.59. The zero-order valence-electron chi connectivity index (χ0n) is 7.40. The number of hydrogen-bond acceptors (Lipinski definition) is 3. The van der Waals surface area contributed by atoms with Crippen LogP contribution in [0, 0.1) is 0 Å². The molecule has 1 amide bonds. The predicted octanol–water partition coefficient (Wildman–Crippen LogP) is -0.291. The first-order valence-electron chi connectivity index (χ1n) is 4.45. The number of carbonyl (C=O) groups is 2. The van der Waals surface area contributed by atoms with Crippen molar-refractivity contribution in [2.75, 3.05) is 0 Å². The first-order valence-corrected chi connectivity index (χ1v) is 4.86. The number of aliphatic carboxylic acids is 1. The number of amides is 1. The topological polar surface area (TPSA) is 69.6 Å². The summed E-state index contributed by atoms with van der Waals surface area (Å²) < 4.78 is 0. The summed E-state index contributed by atoms with van der Waals surface area (Å²) in [5, 5.41) is 11.7. The monoisotopic (exact) mass is 214 g/mol. The van der Waals surface area contributed by atoms with Crippen LogP contribution >= 0.6 is 12.2 Å². The average Bonchev–Trinajstić information content (AvgIpc) is 2.82. The predicted molar refractivity (Wildman–Crippen MR) is 51.6 cm³/mol. The van der Waals surface area contributed by atoms with Crippen molar-refractivity contribution in [2.24, 2.45) is 0 Å². The molecule has 14 heavy (non-hydrogen) atoms. The Morgan fingerprint density at radius 3 is 2.79 bits per heavy atom. The van der Waals surface area contributed by atoms with Crippen LogP contribution in [0.3, 0.4) is 0 Å². The molecule has 1 saturated carbocycles. The number of nitrogens with zero attached hydrogens (tertiary/aromatic N) is 1. The first kappa shape index (κ1) is 9.39. The lowest BCUT2D eigenvalue weighted by atomic mass is 10.2. The van der Waals surface area contributed by atoms with Crippen molar-refractivity contribution >= 4 is 29.2 Å². The van der Waals surface area contributed by atoms with E-state index in [9.17, 15) is 9.59 Å². The van der Waals surface area contributed by atoms with Crippen molar-refractivity contribution in [3.05, 3.63) is 0 Å². The second-order valence-corrected chi connectivity index (χ2v) is 3.93. The van der Waals surface area contributed by atoms with Gasteiger partial charge in [0.25, 0.3) is 5.91 Å². The fraction of sp³-hybridized carbons (Fsp3) is 0.625. The third kappa shape index (κ3) is 1.57. The van der Waals surface area contributed by atoms with Crippen LogP contribution in [0.2, 0.25) is 0 Å². The maximum atomic E-state index is 11.6. The van der Waals surface area contributed by atoms with Gasteiger partial charge in [-0.1, -0.05) is 0 Å². The molecule has 76 valence electrons. The van der Waals surface area contributed by atoms with E-state index in [4.69, 9.17) is 17.3 Å². The van der Waals surface area contributed by atoms with Gasteiger partial charge in [-0.05, 0) is 25.1 Å². The molecule has 2 rings (SSSR count). The van der Waals surface area contributed by atoms with Gasteiger partial charge >= 0.3 is 5.97 Å². The molecule has 1 saturated heterocycles. The van der Waals surface area contributed by atoms with E-state index in [0.717, 1.165) is 12.8 Å². The minimum atomic E-state index is -0.990. The highest BCUT2D eigenvalue weighted by Crippen LogP contribution is 2.30. The lowest BCUT2D eigenvalue weighted by molar-refractivity contribution is -0.140. The normalized spacial score (nSPS) is 26.6. The zero-order valence-corrected chi connectivity index (χ0v) is 8.21. The molecule has 0 aromatic rings. The van der Waals surface area contributed by atoms with E-state index in [2.05, 4.69) is 5.32 Å². The third-order valence-electron chi connectivity index (χ3n) is 2.34. The van der Waals surface area contributed by atoms with Gasteiger partial charge in [-0.2, -0.15) is 0 Å². The number of hydrogen-bond donors (Lipinski definition) is 2. The minimum absolute atomic E-state index is 0.195. The number of carboxylic acids is 1. The summed E-state index contributed by atoms with van der Waals surface area (Å²) in [6, 6.07) is -0.457. The Balaban J connectivity index is 2.06. The Bertz CT molecular complexity index is 314. The highest BCUT2D eigenvalue weighted by Gasteiger charge is 2.44. The van der Waals surface area contributed by atoms with Crippen molar-refractivity contribution < 1.29 is 14.7 Å². The third-order valence-corrected chi connectivity index (χ3v) is 2.66. The van der Waals surface area contributed by atoms with Crippen LogP contribution in [0.5, 0.6) is 0 Å². The Hall–Kier alpha value is -1.17. The smallest absolute Gasteiger partial charge is 0.305 e. The zero-order chi connectivity index (χ0) is 10.3. The SMILES string of the molecule is O=C(O)C[C@@H]1NC(=S)N(C2CC2)C1=O. The van der Waals surface area contributed by atoms with Crippen LogP contribution in [-0.4, -0.2) is 39.1 Å². The summed E-state index contributed by atoms with van der Waals surface area (Å²) in [6.45, 7) is 0. The second-order valence-electron chi connectivity index (χ2n) is 3.54. The number of nitrogens with one attached hydrogen (secondary N) is 1. The van der Waals surface area contributed by atoms with Crippen LogP contribution in [0.15, 0.2) is 0 Å². The highest BCUT2D eigenvalue weighted by molar-refractivity contribution is 7.80. The summed E-state index contributed by atoms with van der Waals surface area (Å²) in [7, 11) is 0. The van der Waals surface area contributed by atoms with Gasteiger partial charge in [0.15, 0.2) is 5.11 Å². The van der Waals surface area contributed by atoms with Crippen LogP contribution in [0.25, 0.3) is 0 Å². The molecule has 2 aliphatic rings. The van der Waals surface area contributed by atoms with Gasteiger partial charge in [0.2, 0.25) is 0 Å². The van der Waals surface area contributed by atoms with Gasteiger partial charge in [0.05, 0.1) is 6.42 Å². The largest absolute Gasteiger partial charge is 0.481 e. The molecule has 2 N–H and O–H groups in total. The summed E-state index contributed by atoms with van der Waals surface area (Å²) in [5.74, 6) is -1.18. The molecule has 0 unspecified atom stereocenters. The molecule has 0 aromatic heterocycles. The van der Waals surface area contributed by atoms with Gasteiger partial charge < -0.3 is 10.4 Å². The number of thiocarbonyl (C=S) groups is 1. The molecule has 0 aromatic carbocycles. The van der Waals surface area contributed by atoms with E-state index >= 15 is 0 Å². The van der Waals surface area contributed by atoms with E-state index in [0.29, 0.717) is 5.11 Å².